The molecule has 3 rings (SSSR count). The Morgan fingerprint density at radius 1 is 1.14 bits per heavy atom. The molecule has 0 saturated carbocycles. The van der Waals surface area contributed by atoms with Crippen molar-refractivity contribution in [3.63, 3.8) is 0 Å². The van der Waals surface area contributed by atoms with Crippen LogP contribution in [0.2, 0.25) is 0 Å². The van der Waals surface area contributed by atoms with Crippen LogP contribution in [0.1, 0.15) is 23.6 Å². The lowest BCUT2D eigenvalue weighted by atomic mass is 10.1. The van der Waals surface area contributed by atoms with E-state index in [1.54, 1.807) is 25.3 Å². The number of carbonyl (C=O) groups is 1. The van der Waals surface area contributed by atoms with Gasteiger partial charge >= 0.3 is 0 Å². The number of amides is 1. The number of thioether (sulfide) groups is 1. The minimum Gasteiger partial charge on any atom is -0.493 e. The number of hydrogen-bond donors (Lipinski definition) is 0. The molecule has 1 unspecified atom stereocenters. The van der Waals surface area contributed by atoms with Crippen molar-refractivity contribution in [2.75, 3.05) is 14.2 Å². The van der Waals surface area contributed by atoms with Crippen molar-refractivity contribution in [3.8, 4) is 11.5 Å². The van der Waals surface area contributed by atoms with Gasteiger partial charge in [0.05, 0.1) is 32.2 Å². The predicted octanol–water partition coefficient (Wildman–Crippen LogP) is 3.87. The molecule has 1 fully saturated rings. The van der Waals surface area contributed by atoms with E-state index in [9.17, 15) is 4.79 Å². The lowest BCUT2D eigenvalue weighted by Crippen LogP contribution is -2.31. The highest BCUT2D eigenvalue weighted by molar-refractivity contribution is 8.15. The first-order valence-corrected chi connectivity index (χ1v) is 9.77. The van der Waals surface area contributed by atoms with Crippen LogP contribution in [-0.4, -0.2) is 41.7 Å². The number of ether oxygens (including phenoxy) is 2. The first-order valence-electron chi connectivity index (χ1n) is 8.89. The van der Waals surface area contributed by atoms with Crippen LogP contribution < -0.4 is 9.47 Å². The molecule has 0 aliphatic carbocycles. The lowest BCUT2D eigenvalue weighted by molar-refractivity contribution is -0.126. The van der Waals surface area contributed by atoms with Gasteiger partial charge in [-0.25, -0.2) is 0 Å². The number of benzene rings is 2. The Morgan fingerprint density at radius 3 is 2.61 bits per heavy atom. The largest absolute Gasteiger partial charge is 0.493 e. The van der Waals surface area contributed by atoms with Crippen LogP contribution in [0.4, 0.5) is 0 Å². The number of rotatable bonds is 6. The van der Waals surface area contributed by atoms with E-state index in [2.05, 4.69) is 10.2 Å². The number of hydrogen-bond acceptors (Lipinski definition) is 6. The highest BCUT2D eigenvalue weighted by atomic mass is 32.2. The molecular weight excluding hydrogens is 374 g/mol. The van der Waals surface area contributed by atoms with E-state index in [4.69, 9.17) is 9.47 Å². The van der Waals surface area contributed by atoms with Gasteiger partial charge in [-0.2, -0.15) is 5.10 Å². The Hall–Kier alpha value is -2.80. The summed E-state index contributed by atoms with van der Waals surface area (Å²) in [6.45, 7) is 4.42. The molecule has 1 aliphatic heterocycles. The summed E-state index contributed by atoms with van der Waals surface area (Å²) in [5, 5.41) is 8.94. The molecule has 0 radical (unpaired) electrons. The average molecular weight is 398 g/mol. The van der Waals surface area contributed by atoms with Crippen LogP contribution in [0.5, 0.6) is 11.5 Å². The van der Waals surface area contributed by atoms with Crippen molar-refractivity contribution >= 4 is 29.1 Å². The third-order valence-electron chi connectivity index (χ3n) is 4.47. The molecule has 1 saturated heterocycles. The van der Waals surface area contributed by atoms with E-state index in [-0.39, 0.29) is 11.2 Å². The molecule has 6 nitrogen and oxygen atoms in total. The summed E-state index contributed by atoms with van der Waals surface area (Å²) in [6.07, 6.45) is 1.63. The summed E-state index contributed by atoms with van der Waals surface area (Å²) < 4.78 is 10.5. The van der Waals surface area contributed by atoms with E-state index in [1.807, 2.05) is 56.3 Å². The second-order valence-corrected chi connectivity index (χ2v) is 7.66. The Bertz CT molecular complexity index is 927. The van der Waals surface area contributed by atoms with Crippen molar-refractivity contribution in [3.05, 3.63) is 59.2 Å². The molecule has 2 aromatic rings. The van der Waals surface area contributed by atoms with Crippen LogP contribution in [0.25, 0.3) is 0 Å². The van der Waals surface area contributed by atoms with Crippen LogP contribution in [0, 0.1) is 6.92 Å². The zero-order valence-electron chi connectivity index (χ0n) is 16.4. The summed E-state index contributed by atoms with van der Waals surface area (Å²) >= 11 is 1.42. The quantitative estimate of drug-likeness (QED) is 0.548. The van der Waals surface area contributed by atoms with Crippen molar-refractivity contribution in [1.82, 2.24) is 4.90 Å². The Labute approximate surface area is 169 Å². The molecule has 0 aromatic heterocycles. The molecule has 1 aliphatic rings. The lowest BCUT2D eigenvalue weighted by Gasteiger charge is -2.16. The number of amidine groups is 1. The van der Waals surface area contributed by atoms with Crippen LogP contribution in [0.15, 0.2) is 52.7 Å². The van der Waals surface area contributed by atoms with E-state index in [1.165, 1.54) is 11.8 Å². The van der Waals surface area contributed by atoms with Gasteiger partial charge in [0.1, 0.15) is 0 Å². The highest BCUT2D eigenvalue weighted by Crippen LogP contribution is 2.29. The SMILES string of the molecule is COc1ccc(/C=N/N=C2\SC(C)C(=O)N2Cc2ccccc2C)cc1OC. The van der Waals surface area contributed by atoms with Crippen molar-refractivity contribution in [2.45, 2.75) is 25.6 Å². The monoisotopic (exact) mass is 397 g/mol. The number of methoxy groups -OCH3 is 2. The number of carbonyl (C=O) groups excluding carboxylic acids is 1. The fourth-order valence-corrected chi connectivity index (χ4v) is 3.77. The normalized spacial score (nSPS) is 18.3. The summed E-state index contributed by atoms with van der Waals surface area (Å²) in [6, 6.07) is 13.5. The molecule has 1 amide bonds. The highest BCUT2D eigenvalue weighted by Gasteiger charge is 2.35. The standard InChI is InChI=1S/C21H23N3O3S/c1-14-7-5-6-8-17(14)13-24-20(25)15(2)28-21(24)23-22-12-16-9-10-18(26-3)19(11-16)27-4/h5-12,15H,13H2,1-4H3/b22-12+,23-21-. The Kier molecular flexibility index (Phi) is 6.36. The first kappa shape index (κ1) is 19.9. The van der Waals surface area contributed by atoms with Crippen molar-refractivity contribution in [2.24, 2.45) is 10.2 Å². The molecular formula is C21H23N3O3S. The minimum absolute atomic E-state index is 0.0494. The zero-order chi connectivity index (χ0) is 20.1. The first-order chi connectivity index (χ1) is 13.5. The molecule has 28 heavy (non-hydrogen) atoms. The van der Waals surface area contributed by atoms with E-state index >= 15 is 0 Å². The summed E-state index contributed by atoms with van der Waals surface area (Å²) in [5.41, 5.74) is 3.07. The van der Waals surface area contributed by atoms with Gasteiger partial charge in [-0.3, -0.25) is 9.69 Å². The van der Waals surface area contributed by atoms with Crippen LogP contribution in [-0.2, 0) is 11.3 Å². The molecule has 1 atom stereocenters. The number of nitrogens with zero attached hydrogens (tertiary/aromatic N) is 3. The molecule has 0 bridgehead atoms. The fraction of sp³-hybridized carbons (Fsp3) is 0.286. The van der Waals surface area contributed by atoms with Gasteiger partial charge in [-0.15, -0.1) is 5.10 Å². The third kappa shape index (κ3) is 4.36. The smallest absolute Gasteiger partial charge is 0.242 e. The molecule has 2 aromatic carbocycles. The minimum atomic E-state index is -0.168. The topological polar surface area (TPSA) is 63.5 Å². The predicted molar refractivity (Wildman–Crippen MR) is 113 cm³/mol. The average Bonchev–Trinajstić information content (AvgIpc) is 2.97. The van der Waals surface area contributed by atoms with E-state index < -0.39 is 0 Å². The third-order valence-corrected chi connectivity index (χ3v) is 5.54. The van der Waals surface area contributed by atoms with Gasteiger partial charge in [-0.1, -0.05) is 36.0 Å². The van der Waals surface area contributed by atoms with Gasteiger partial charge in [0.2, 0.25) is 5.91 Å². The van der Waals surface area contributed by atoms with Crippen LogP contribution >= 0.6 is 11.8 Å². The maximum absolute atomic E-state index is 12.6. The van der Waals surface area contributed by atoms with Crippen LogP contribution in [0.3, 0.4) is 0 Å². The summed E-state index contributed by atoms with van der Waals surface area (Å²) in [5.74, 6) is 1.33. The maximum atomic E-state index is 12.6. The maximum Gasteiger partial charge on any atom is 0.242 e. The Balaban J connectivity index is 1.80. The van der Waals surface area contributed by atoms with Gasteiger partial charge in [0, 0.05) is 0 Å². The van der Waals surface area contributed by atoms with Gasteiger partial charge in [0.25, 0.3) is 0 Å². The van der Waals surface area contributed by atoms with E-state index in [0.717, 1.165) is 16.7 Å². The van der Waals surface area contributed by atoms with Gasteiger partial charge < -0.3 is 9.47 Å². The Morgan fingerprint density at radius 2 is 1.89 bits per heavy atom. The fourth-order valence-electron chi connectivity index (χ4n) is 2.84. The molecule has 0 N–H and O–H groups in total. The molecule has 7 heteroatoms. The summed E-state index contributed by atoms with van der Waals surface area (Å²) in [4.78, 5) is 14.3. The zero-order valence-corrected chi connectivity index (χ0v) is 17.2. The van der Waals surface area contributed by atoms with Gasteiger partial charge in [0.15, 0.2) is 16.7 Å². The summed E-state index contributed by atoms with van der Waals surface area (Å²) in [7, 11) is 3.18. The van der Waals surface area contributed by atoms with Crippen molar-refractivity contribution in [1.29, 1.82) is 0 Å². The molecule has 0 spiro atoms. The second kappa shape index (κ2) is 8.93. The number of aryl methyl sites for hydroxylation is 1. The van der Waals surface area contributed by atoms with Crippen molar-refractivity contribution < 1.29 is 14.3 Å². The molecule has 146 valence electrons. The molecule has 1 heterocycles. The van der Waals surface area contributed by atoms with E-state index in [0.29, 0.717) is 23.2 Å². The second-order valence-electron chi connectivity index (χ2n) is 6.35. The van der Waals surface area contributed by atoms with Gasteiger partial charge in [-0.05, 0) is 48.7 Å².